The molecule has 1 rings (SSSR count). The summed E-state index contributed by atoms with van der Waals surface area (Å²) >= 11 is 0. The molecule has 2 heteroatoms. The highest BCUT2D eigenvalue weighted by atomic mass is 16.3. The van der Waals surface area contributed by atoms with Gasteiger partial charge in [-0.15, -0.1) is 0 Å². The molecule has 0 aromatic carbocycles. The Hall–Kier alpha value is -0.0800. The fraction of sp³-hybridized carbons (Fsp3) is 1.00. The van der Waals surface area contributed by atoms with Crippen LogP contribution in [0.15, 0.2) is 0 Å². The van der Waals surface area contributed by atoms with E-state index in [-0.39, 0.29) is 5.54 Å². The van der Waals surface area contributed by atoms with Gasteiger partial charge in [-0.1, -0.05) is 12.8 Å². The standard InChI is InChI=1S/C13H27NO/c1-12(2,3)14-10-9-13(4,15)11-7-5-6-8-11/h11,14-15H,5-10H2,1-4H3. The SMILES string of the molecule is CC(C)(C)NCCC(C)(O)C1CCCC1. The molecule has 0 aliphatic heterocycles. The molecule has 1 aliphatic rings. The van der Waals surface area contributed by atoms with Crippen molar-refractivity contribution in [3.05, 3.63) is 0 Å². The van der Waals surface area contributed by atoms with Gasteiger partial charge in [-0.25, -0.2) is 0 Å². The first-order chi connectivity index (χ1) is 6.81. The average Bonchev–Trinajstić information content (AvgIpc) is 2.52. The van der Waals surface area contributed by atoms with E-state index in [0.29, 0.717) is 5.92 Å². The molecule has 2 N–H and O–H groups in total. The maximum absolute atomic E-state index is 10.4. The third-order valence-electron chi connectivity index (χ3n) is 3.52. The molecule has 0 heterocycles. The van der Waals surface area contributed by atoms with Crippen molar-refractivity contribution in [1.82, 2.24) is 5.32 Å². The van der Waals surface area contributed by atoms with Crippen molar-refractivity contribution in [1.29, 1.82) is 0 Å². The zero-order chi connectivity index (χ0) is 11.5. The lowest BCUT2D eigenvalue weighted by molar-refractivity contribution is -0.00686. The van der Waals surface area contributed by atoms with Gasteiger partial charge >= 0.3 is 0 Å². The molecule has 1 saturated carbocycles. The Morgan fingerprint density at radius 1 is 1.13 bits per heavy atom. The van der Waals surface area contributed by atoms with Crippen molar-refractivity contribution in [2.24, 2.45) is 5.92 Å². The van der Waals surface area contributed by atoms with Crippen LogP contribution < -0.4 is 5.32 Å². The van der Waals surface area contributed by atoms with Crippen LogP contribution in [0, 0.1) is 5.92 Å². The van der Waals surface area contributed by atoms with Crippen molar-refractivity contribution < 1.29 is 5.11 Å². The van der Waals surface area contributed by atoms with E-state index in [4.69, 9.17) is 0 Å². The molecule has 1 atom stereocenters. The molecule has 0 amide bonds. The highest BCUT2D eigenvalue weighted by molar-refractivity contribution is 4.86. The monoisotopic (exact) mass is 213 g/mol. The molecule has 15 heavy (non-hydrogen) atoms. The van der Waals surface area contributed by atoms with Gasteiger partial charge in [0.1, 0.15) is 0 Å². The Balaban J connectivity index is 2.29. The van der Waals surface area contributed by atoms with E-state index < -0.39 is 5.60 Å². The molecule has 1 unspecified atom stereocenters. The van der Waals surface area contributed by atoms with Crippen molar-refractivity contribution >= 4 is 0 Å². The van der Waals surface area contributed by atoms with Crippen LogP contribution >= 0.6 is 0 Å². The highest BCUT2D eigenvalue weighted by Gasteiger charge is 2.33. The minimum Gasteiger partial charge on any atom is -0.390 e. The van der Waals surface area contributed by atoms with Gasteiger partial charge in [0, 0.05) is 5.54 Å². The Morgan fingerprint density at radius 2 is 1.67 bits per heavy atom. The molecule has 0 aromatic heterocycles. The van der Waals surface area contributed by atoms with Crippen molar-refractivity contribution in [3.8, 4) is 0 Å². The van der Waals surface area contributed by atoms with Crippen molar-refractivity contribution in [2.45, 2.75) is 70.9 Å². The summed E-state index contributed by atoms with van der Waals surface area (Å²) in [5.74, 6) is 0.527. The predicted molar refractivity (Wildman–Crippen MR) is 65.0 cm³/mol. The third-order valence-corrected chi connectivity index (χ3v) is 3.52. The number of hydrogen-bond acceptors (Lipinski definition) is 2. The van der Waals surface area contributed by atoms with Gasteiger partial charge in [0.15, 0.2) is 0 Å². The summed E-state index contributed by atoms with van der Waals surface area (Å²) in [4.78, 5) is 0. The van der Waals surface area contributed by atoms with Gasteiger partial charge in [-0.3, -0.25) is 0 Å². The van der Waals surface area contributed by atoms with E-state index in [0.717, 1.165) is 13.0 Å². The summed E-state index contributed by atoms with van der Waals surface area (Å²) in [5, 5.41) is 13.8. The lowest BCUT2D eigenvalue weighted by atomic mass is 9.85. The minimum absolute atomic E-state index is 0.158. The van der Waals surface area contributed by atoms with E-state index in [2.05, 4.69) is 26.1 Å². The zero-order valence-electron chi connectivity index (χ0n) is 10.8. The molecule has 0 aromatic rings. The van der Waals surface area contributed by atoms with Gasteiger partial charge in [0.25, 0.3) is 0 Å². The van der Waals surface area contributed by atoms with Crippen molar-refractivity contribution in [3.63, 3.8) is 0 Å². The van der Waals surface area contributed by atoms with E-state index in [1.165, 1.54) is 25.7 Å². The first-order valence-corrected chi connectivity index (χ1v) is 6.29. The second kappa shape index (κ2) is 4.84. The van der Waals surface area contributed by atoms with Crippen LogP contribution in [0.25, 0.3) is 0 Å². The van der Waals surface area contributed by atoms with Crippen molar-refractivity contribution in [2.75, 3.05) is 6.54 Å². The smallest absolute Gasteiger partial charge is 0.0659 e. The highest BCUT2D eigenvalue weighted by Crippen LogP contribution is 2.35. The minimum atomic E-state index is -0.464. The Bertz CT molecular complexity index is 187. The lowest BCUT2D eigenvalue weighted by Gasteiger charge is -2.31. The first kappa shape index (κ1) is 13.0. The van der Waals surface area contributed by atoms with Gasteiger partial charge in [-0.2, -0.15) is 0 Å². The van der Waals surface area contributed by atoms with Gasteiger partial charge < -0.3 is 10.4 Å². The normalized spacial score (nSPS) is 23.0. The van der Waals surface area contributed by atoms with E-state index in [9.17, 15) is 5.11 Å². The zero-order valence-corrected chi connectivity index (χ0v) is 10.8. The van der Waals surface area contributed by atoms with Gasteiger partial charge in [0.2, 0.25) is 0 Å². The maximum atomic E-state index is 10.4. The number of hydrogen-bond donors (Lipinski definition) is 2. The number of aliphatic hydroxyl groups is 1. The number of nitrogens with one attached hydrogen (secondary N) is 1. The van der Waals surface area contributed by atoms with Crippen LogP contribution in [0.1, 0.15) is 59.8 Å². The maximum Gasteiger partial charge on any atom is 0.0659 e. The molecule has 1 fully saturated rings. The van der Waals surface area contributed by atoms with Crippen LogP contribution in [0.2, 0.25) is 0 Å². The Labute approximate surface area is 94.5 Å². The molecule has 0 bridgehead atoms. The first-order valence-electron chi connectivity index (χ1n) is 6.29. The van der Waals surface area contributed by atoms with Crippen LogP contribution in [-0.2, 0) is 0 Å². The number of rotatable bonds is 4. The fourth-order valence-electron chi connectivity index (χ4n) is 2.44. The third kappa shape index (κ3) is 4.52. The molecule has 90 valence electrons. The van der Waals surface area contributed by atoms with Crippen LogP contribution in [0.4, 0.5) is 0 Å². The van der Waals surface area contributed by atoms with E-state index >= 15 is 0 Å². The van der Waals surface area contributed by atoms with E-state index in [1.807, 2.05) is 6.92 Å². The summed E-state index contributed by atoms with van der Waals surface area (Å²) in [6, 6.07) is 0. The van der Waals surface area contributed by atoms with Crippen LogP contribution in [-0.4, -0.2) is 22.8 Å². The molecule has 2 nitrogen and oxygen atoms in total. The topological polar surface area (TPSA) is 32.3 Å². The largest absolute Gasteiger partial charge is 0.390 e. The van der Waals surface area contributed by atoms with Gasteiger partial charge in [0.05, 0.1) is 5.60 Å². The average molecular weight is 213 g/mol. The molecule has 0 saturated heterocycles. The fourth-order valence-corrected chi connectivity index (χ4v) is 2.44. The van der Waals surface area contributed by atoms with E-state index in [1.54, 1.807) is 0 Å². The molecule has 0 radical (unpaired) electrons. The summed E-state index contributed by atoms with van der Waals surface area (Å²) in [5.41, 5.74) is -0.305. The molecular formula is C13H27NO. The Kier molecular flexibility index (Phi) is 4.19. The predicted octanol–water partition coefficient (Wildman–Crippen LogP) is 2.71. The quantitative estimate of drug-likeness (QED) is 0.752. The summed E-state index contributed by atoms with van der Waals surface area (Å²) in [6.07, 6.45) is 5.89. The molecule has 1 aliphatic carbocycles. The summed E-state index contributed by atoms with van der Waals surface area (Å²) < 4.78 is 0. The molecular weight excluding hydrogens is 186 g/mol. The summed E-state index contributed by atoms with van der Waals surface area (Å²) in [7, 11) is 0. The summed E-state index contributed by atoms with van der Waals surface area (Å²) in [6.45, 7) is 9.41. The molecule has 0 spiro atoms. The van der Waals surface area contributed by atoms with Crippen LogP contribution in [0.5, 0.6) is 0 Å². The van der Waals surface area contributed by atoms with Crippen LogP contribution in [0.3, 0.4) is 0 Å². The Morgan fingerprint density at radius 3 is 2.13 bits per heavy atom. The van der Waals surface area contributed by atoms with Gasteiger partial charge in [-0.05, 0) is 59.4 Å². The second-order valence-corrected chi connectivity index (χ2v) is 6.27. The lowest BCUT2D eigenvalue weighted by Crippen LogP contribution is -2.42. The second-order valence-electron chi connectivity index (χ2n) is 6.27.